The van der Waals surface area contributed by atoms with Gasteiger partial charge in [0.05, 0.1) is 11.7 Å². The van der Waals surface area contributed by atoms with Crippen LogP contribution in [0.25, 0.3) is 0 Å². The molecule has 16 heavy (non-hydrogen) atoms. The molecule has 2 atom stereocenters. The lowest BCUT2D eigenvalue weighted by Gasteiger charge is -2.17. The first-order valence-corrected chi connectivity index (χ1v) is 5.61. The van der Waals surface area contributed by atoms with E-state index in [-0.39, 0.29) is 17.0 Å². The molecule has 0 aliphatic heterocycles. The summed E-state index contributed by atoms with van der Waals surface area (Å²) in [6.45, 7) is 3.93. The number of nitrogens with two attached hydrogens (primary N) is 1. The molecule has 1 heterocycles. The molecule has 4 nitrogen and oxygen atoms in total. The molecule has 0 aliphatic rings. The van der Waals surface area contributed by atoms with Gasteiger partial charge in [0.1, 0.15) is 0 Å². The molecule has 0 bridgehead atoms. The number of aromatic nitrogens is 1. The van der Waals surface area contributed by atoms with Crippen LogP contribution in [-0.4, -0.2) is 16.9 Å². The number of amides is 1. The quantitative estimate of drug-likeness (QED) is 0.793. The second kappa shape index (κ2) is 5.82. The molecular weight excluding hydrogens is 226 g/mol. The largest absolute Gasteiger partial charge is 0.322 e. The van der Waals surface area contributed by atoms with Crippen molar-refractivity contribution < 1.29 is 4.79 Å². The Labute approximate surface area is 100 Å². The topological polar surface area (TPSA) is 68.0 Å². The van der Waals surface area contributed by atoms with Gasteiger partial charge in [-0.25, -0.2) is 4.98 Å². The first-order valence-electron chi connectivity index (χ1n) is 5.23. The van der Waals surface area contributed by atoms with Crippen molar-refractivity contribution in [3.63, 3.8) is 0 Å². The first-order chi connectivity index (χ1) is 7.56. The maximum absolute atomic E-state index is 11.7. The van der Waals surface area contributed by atoms with Crippen molar-refractivity contribution >= 4 is 23.2 Å². The fraction of sp³-hybridized carbons (Fsp3) is 0.455. The van der Waals surface area contributed by atoms with Gasteiger partial charge in [0.2, 0.25) is 5.91 Å². The highest BCUT2D eigenvalue weighted by molar-refractivity contribution is 6.32. The molecular formula is C11H16ClN3O. The summed E-state index contributed by atoms with van der Waals surface area (Å²) in [6.07, 6.45) is 2.42. The van der Waals surface area contributed by atoms with Crippen LogP contribution < -0.4 is 11.1 Å². The van der Waals surface area contributed by atoms with Crippen molar-refractivity contribution in [3.05, 3.63) is 23.5 Å². The third-order valence-corrected chi connectivity index (χ3v) is 2.88. The number of carbonyl (C=O) groups excluding carboxylic acids is 1. The zero-order chi connectivity index (χ0) is 12.1. The van der Waals surface area contributed by atoms with Gasteiger partial charge in [-0.3, -0.25) is 4.79 Å². The van der Waals surface area contributed by atoms with Gasteiger partial charge >= 0.3 is 0 Å². The van der Waals surface area contributed by atoms with Crippen LogP contribution in [0, 0.1) is 5.92 Å². The normalized spacial score (nSPS) is 14.2. The van der Waals surface area contributed by atoms with Gasteiger partial charge in [-0.2, -0.15) is 0 Å². The molecule has 1 unspecified atom stereocenters. The Hall–Kier alpha value is -1.13. The van der Waals surface area contributed by atoms with E-state index in [1.165, 1.54) is 0 Å². The summed E-state index contributed by atoms with van der Waals surface area (Å²) in [5.74, 6) is -0.0975. The maximum atomic E-state index is 11.7. The van der Waals surface area contributed by atoms with Gasteiger partial charge in [-0.15, -0.1) is 0 Å². The number of nitrogens with zero attached hydrogens (tertiary/aromatic N) is 1. The number of carbonyl (C=O) groups is 1. The van der Waals surface area contributed by atoms with E-state index in [1.54, 1.807) is 18.3 Å². The minimum atomic E-state index is -0.527. The summed E-state index contributed by atoms with van der Waals surface area (Å²) in [6, 6.07) is 2.87. The van der Waals surface area contributed by atoms with Crippen LogP contribution in [0.3, 0.4) is 0 Å². The van der Waals surface area contributed by atoms with Gasteiger partial charge in [0.25, 0.3) is 0 Å². The third-order valence-electron chi connectivity index (χ3n) is 2.58. The summed E-state index contributed by atoms with van der Waals surface area (Å²) in [7, 11) is 0. The molecule has 1 rings (SSSR count). The second-order valence-corrected chi connectivity index (χ2v) is 4.10. The van der Waals surface area contributed by atoms with Crippen LogP contribution >= 0.6 is 11.6 Å². The standard InChI is InChI=1S/C11H16ClN3O/c1-3-7(2)9(13)11(16)15-8-5-4-6-14-10(8)12/h4-7,9H,3,13H2,1-2H3,(H,15,16)/t7?,9-/m0/s1. The Balaban J connectivity index is 2.68. The minimum absolute atomic E-state index is 0.135. The summed E-state index contributed by atoms with van der Waals surface area (Å²) >= 11 is 5.82. The monoisotopic (exact) mass is 241 g/mol. The average molecular weight is 242 g/mol. The van der Waals surface area contributed by atoms with Crippen LogP contribution in [0.4, 0.5) is 5.69 Å². The first kappa shape index (κ1) is 12.9. The zero-order valence-electron chi connectivity index (χ0n) is 9.40. The second-order valence-electron chi connectivity index (χ2n) is 3.74. The van der Waals surface area contributed by atoms with E-state index in [0.717, 1.165) is 6.42 Å². The van der Waals surface area contributed by atoms with Crippen molar-refractivity contribution in [2.75, 3.05) is 5.32 Å². The number of hydrogen-bond donors (Lipinski definition) is 2. The molecule has 0 aliphatic carbocycles. The van der Waals surface area contributed by atoms with E-state index in [4.69, 9.17) is 17.3 Å². The Morgan fingerprint density at radius 2 is 2.38 bits per heavy atom. The van der Waals surface area contributed by atoms with Crippen molar-refractivity contribution in [2.24, 2.45) is 11.7 Å². The van der Waals surface area contributed by atoms with Crippen molar-refractivity contribution in [3.8, 4) is 0 Å². The highest BCUT2D eigenvalue weighted by Gasteiger charge is 2.20. The van der Waals surface area contributed by atoms with Crippen LogP contribution in [-0.2, 0) is 4.79 Å². The highest BCUT2D eigenvalue weighted by Crippen LogP contribution is 2.18. The number of halogens is 1. The van der Waals surface area contributed by atoms with Crippen molar-refractivity contribution in [1.29, 1.82) is 0 Å². The Morgan fingerprint density at radius 3 is 2.94 bits per heavy atom. The van der Waals surface area contributed by atoms with Crippen LogP contribution in [0.15, 0.2) is 18.3 Å². The molecule has 0 radical (unpaired) electrons. The Kier molecular flexibility index (Phi) is 4.71. The lowest BCUT2D eigenvalue weighted by Crippen LogP contribution is -2.40. The van der Waals surface area contributed by atoms with E-state index < -0.39 is 6.04 Å². The van der Waals surface area contributed by atoms with E-state index >= 15 is 0 Å². The van der Waals surface area contributed by atoms with Gasteiger partial charge < -0.3 is 11.1 Å². The fourth-order valence-corrected chi connectivity index (χ4v) is 1.37. The Bertz CT molecular complexity index is 370. The van der Waals surface area contributed by atoms with Gasteiger partial charge in [0.15, 0.2) is 5.15 Å². The fourth-order valence-electron chi connectivity index (χ4n) is 1.21. The van der Waals surface area contributed by atoms with Crippen LogP contribution in [0.2, 0.25) is 5.15 Å². The molecule has 0 fully saturated rings. The third kappa shape index (κ3) is 3.18. The SMILES string of the molecule is CCC(C)[C@H](N)C(=O)Nc1cccnc1Cl. The lowest BCUT2D eigenvalue weighted by atomic mass is 9.99. The highest BCUT2D eigenvalue weighted by atomic mass is 35.5. The van der Waals surface area contributed by atoms with Gasteiger partial charge in [-0.05, 0) is 18.1 Å². The molecule has 0 saturated carbocycles. The van der Waals surface area contributed by atoms with E-state index in [9.17, 15) is 4.79 Å². The molecule has 1 amide bonds. The summed E-state index contributed by atoms with van der Waals surface area (Å²) in [5.41, 5.74) is 6.29. The predicted octanol–water partition coefficient (Wildman–Crippen LogP) is 2.05. The van der Waals surface area contributed by atoms with E-state index in [0.29, 0.717) is 5.69 Å². The van der Waals surface area contributed by atoms with Gasteiger partial charge in [-0.1, -0.05) is 31.9 Å². The summed E-state index contributed by atoms with van der Waals surface area (Å²) in [5, 5.41) is 2.94. The van der Waals surface area contributed by atoms with E-state index in [1.807, 2.05) is 13.8 Å². The summed E-state index contributed by atoms with van der Waals surface area (Å²) < 4.78 is 0. The smallest absolute Gasteiger partial charge is 0.241 e. The molecule has 0 aromatic carbocycles. The molecule has 3 N–H and O–H groups in total. The number of nitrogens with one attached hydrogen (secondary N) is 1. The van der Waals surface area contributed by atoms with Gasteiger partial charge in [0, 0.05) is 6.20 Å². The van der Waals surface area contributed by atoms with Crippen LogP contribution in [0.5, 0.6) is 0 Å². The average Bonchev–Trinajstić information content (AvgIpc) is 2.30. The molecule has 1 aromatic heterocycles. The van der Waals surface area contributed by atoms with Crippen molar-refractivity contribution in [2.45, 2.75) is 26.3 Å². The molecule has 5 heteroatoms. The van der Waals surface area contributed by atoms with Crippen molar-refractivity contribution in [1.82, 2.24) is 4.98 Å². The van der Waals surface area contributed by atoms with Crippen LogP contribution in [0.1, 0.15) is 20.3 Å². The summed E-state index contributed by atoms with van der Waals surface area (Å²) in [4.78, 5) is 15.6. The lowest BCUT2D eigenvalue weighted by molar-refractivity contribution is -0.118. The molecule has 1 aromatic rings. The Morgan fingerprint density at radius 1 is 1.69 bits per heavy atom. The maximum Gasteiger partial charge on any atom is 0.241 e. The zero-order valence-corrected chi connectivity index (χ0v) is 10.2. The number of rotatable bonds is 4. The van der Waals surface area contributed by atoms with E-state index in [2.05, 4.69) is 10.3 Å². The molecule has 0 spiro atoms. The molecule has 88 valence electrons. The minimum Gasteiger partial charge on any atom is -0.322 e. The predicted molar refractivity (Wildman–Crippen MR) is 65.3 cm³/mol. The number of hydrogen-bond acceptors (Lipinski definition) is 3. The number of anilines is 1. The number of pyridine rings is 1. The molecule has 0 saturated heterocycles.